The highest BCUT2D eigenvalue weighted by molar-refractivity contribution is 7.12. The Morgan fingerprint density at radius 3 is 2.50 bits per heavy atom. The monoisotopic (exact) mass is 312 g/mol. The van der Waals surface area contributed by atoms with E-state index in [-0.39, 0.29) is 23.2 Å². The second-order valence-electron chi connectivity index (χ2n) is 5.16. The number of nitrogens with one attached hydrogen (secondary N) is 1. The minimum atomic E-state index is -0.465. The second-order valence-corrected chi connectivity index (χ2v) is 6.87. The molecule has 2 aromatic rings. The van der Waals surface area contributed by atoms with Gasteiger partial charge in [-0.1, -0.05) is 25.4 Å². The Morgan fingerprint density at radius 2 is 2.00 bits per heavy atom. The van der Waals surface area contributed by atoms with Crippen molar-refractivity contribution in [2.75, 3.05) is 0 Å². The van der Waals surface area contributed by atoms with E-state index >= 15 is 0 Å². The Kier molecular flexibility index (Phi) is 4.20. The molecule has 0 bridgehead atoms. The van der Waals surface area contributed by atoms with Gasteiger partial charge in [0.1, 0.15) is 5.15 Å². The van der Waals surface area contributed by atoms with E-state index in [0.717, 1.165) is 4.88 Å². The van der Waals surface area contributed by atoms with E-state index in [4.69, 9.17) is 11.6 Å². The number of aromatic nitrogens is 2. The summed E-state index contributed by atoms with van der Waals surface area (Å²) in [5.74, 6) is -0.0371. The van der Waals surface area contributed by atoms with Crippen molar-refractivity contribution in [2.45, 2.75) is 40.2 Å². The lowest BCUT2D eigenvalue weighted by Crippen LogP contribution is -2.37. The van der Waals surface area contributed by atoms with Crippen LogP contribution in [0, 0.1) is 13.8 Å². The van der Waals surface area contributed by atoms with Crippen LogP contribution >= 0.6 is 22.9 Å². The molecule has 0 aliphatic carbocycles. The first-order valence-electron chi connectivity index (χ1n) is 6.39. The Balaban J connectivity index is 2.55. The molecule has 0 atom stereocenters. The van der Waals surface area contributed by atoms with E-state index in [1.54, 1.807) is 11.3 Å². The quantitative estimate of drug-likeness (QED) is 0.886. The molecule has 6 heteroatoms. The molecular weight excluding hydrogens is 296 g/mol. The average Bonchev–Trinajstić information content (AvgIpc) is 2.63. The van der Waals surface area contributed by atoms with Crippen LogP contribution in [0.5, 0.6) is 0 Å². The number of nitrogens with zero attached hydrogens (tertiary/aromatic N) is 1. The maximum absolute atomic E-state index is 12.4. The van der Waals surface area contributed by atoms with Crippen molar-refractivity contribution >= 4 is 22.9 Å². The van der Waals surface area contributed by atoms with Crippen molar-refractivity contribution in [3.8, 4) is 0 Å². The summed E-state index contributed by atoms with van der Waals surface area (Å²) >= 11 is 7.57. The summed E-state index contributed by atoms with van der Waals surface area (Å²) in [5, 5.41) is 0.143. The first-order valence-corrected chi connectivity index (χ1v) is 7.59. The summed E-state index contributed by atoms with van der Waals surface area (Å²) in [7, 11) is 0. The van der Waals surface area contributed by atoms with Gasteiger partial charge >= 0.3 is 5.69 Å². The number of hydrogen-bond acceptors (Lipinski definition) is 3. The van der Waals surface area contributed by atoms with Gasteiger partial charge in [0.05, 0.1) is 12.1 Å². The normalized spacial score (nSPS) is 11.3. The van der Waals surface area contributed by atoms with Gasteiger partial charge < -0.3 is 0 Å². The minimum Gasteiger partial charge on any atom is -0.297 e. The third-order valence-electron chi connectivity index (χ3n) is 3.28. The fourth-order valence-corrected chi connectivity index (χ4v) is 3.51. The molecule has 2 aromatic heterocycles. The third kappa shape index (κ3) is 2.74. The van der Waals surface area contributed by atoms with Crippen LogP contribution in [0.25, 0.3) is 0 Å². The highest BCUT2D eigenvalue weighted by Gasteiger charge is 2.16. The van der Waals surface area contributed by atoms with Crippen molar-refractivity contribution in [1.29, 1.82) is 0 Å². The molecule has 0 aliphatic heterocycles. The number of aromatic amines is 1. The molecule has 0 amide bonds. The topological polar surface area (TPSA) is 54.9 Å². The van der Waals surface area contributed by atoms with Crippen molar-refractivity contribution in [3.05, 3.63) is 52.9 Å². The lowest BCUT2D eigenvalue weighted by Gasteiger charge is -2.10. The number of halogens is 1. The molecule has 0 saturated carbocycles. The van der Waals surface area contributed by atoms with Crippen molar-refractivity contribution < 1.29 is 0 Å². The highest BCUT2D eigenvalue weighted by atomic mass is 35.5. The van der Waals surface area contributed by atoms with E-state index < -0.39 is 5.69 Å². The summed E-state index contributed by atoms with van der Waals surface area (Å²) in [6.07, 6.45) is 0. The van der Waals surface area contributed by atoms with Crippen LogP contribution in [0.4, 0.5) is 0 Å². The molecule has 0 unspecified atom stereocenters. The van der Waals surface area contributed by atoms with Crippen molar-refractivity contribution in [3.63, 3.8) is 0 Å². The summed E-state index contributed by atoms with van der Waals surface area (Å²) in [5.41, 5.74) is 0.856. The van der Waals surface area contributed by atoms with E-state index in [9.17, 15) is 9.59 Å². The van der Waals surface area contributed by atoms with E-state index in [2.05, 4.69) is 4.98 Å². The zero-order chi connectivity index (χ0) is 15.0. The Bertz CT molecular complexity index is 736. The highest BCUT2D eigenvalue weighted by Crippen LogP contribution is 2.21. The first kappa shape index (κ1) is 15.1. The smallest absolute Gasteiger partial charge is 0.297 e. The Hall–Kier alpha value is -1.33. The fraction of sp³-hybridized carbons (Fsp3) is 0.429. The predicted molar refractivity (Wildman–Crippen MR) is 83.3 cm³/mol. The predicted octanol–water partition coefficient (Wildman–Crippen LogP) is 3.04. The zero-order valence-corrected chi connectivity index (χ0v) is 13.5. The van der Waals surface area contributed by atoms with Gasteiger partial charge in [0.15, 0.2) is 0 Å². The SMILES string of the molecule is Cc1cc(Cn2c(=O)[nH]c(Cl)c(C(C)C)c2=O)sc1C. The number of hydrogen-bond donors (Lipinski definition) is 1. The molecule has 2 heterocycles. The van der Waals surface area contributed by atoms with Crippen LogP contribution in [0.3, 0.4) is 0 Å². The average molecular weight is 313 g/mol. The van der Waals surface area contributed by atoms with Crippen LogP contribution < -0.4 is 11.2 Å². The largest absolute Gasteiger partial charge is 0.329 e. The van der Waals surface area contributed by atoms with Crippen LogP contribution in [-0.2, 0) is 6.54 Å². The molecule has 4 nitrogen and oxygen atoms in total. The minimum absolute atomic E-state index is 0.0371. The molecule has 20 heavy (non-hydrogen) atoms. The standard InChI is InChI=1S/C14H17ClN2O2S/c1-7(2)11-12(15)16-14(19)17(13(11)18)6-10-5-8(3)9(4)20-10/h5,7H,6H2,1-4H3,(H,16,19). The number of H-pyrrole nitrogens is 1. The van der Waals surface area contributed by atoms with E-state index in [1.165, 1.54) is 15.0 Å². The Labute approximate surface area is 126 Å². The number of rotatable bonds is 3. The van der Waals surface area contributed by atoms with Crippen molar-refractivity contribution in [2.24, 2.45) is 0 Å². The first-order chi connectivity index (χ1) is 9.31. The third-order valence-corrected chi connectivity index (χ3v) is 4.72. The van der Waals surface area contributed by atoms with Gasteiger partial charge in [0, 0.05) is 9.75 Å². The van der Waals surface area contributed by atoms with Gasteiger partial charge in [0.2, 0.25) is 0 Å². The molecule has 2 rings (SSSR count). The lowest BCUT2D eigenvalue weighted by molar-refractivity contribution is 0.676. The molecule has 0 radical (unpaired) electrons. The molecule has 0 fully saturated rings. The van der Waals surface area contributed by atoms with Gasteiger partial charge in [-0.25, -0.2) is 4.79 Å². The number of thiophene rings is 1. The van der Waals surface area contributed by atoms with Gasteiger partial charge in [-0.05, 0) is 31.4 Å². The van der Waals surface area contributed by atoms with Crippen LogP contribution in [0.2, 0.25) is 5.15 Å². The maximum atomic E-state index is 12.4. The second kappa shape index (κ2) is 5.58. The molecule has 0 spiro atoms. The summed E-state index contributed by atoms with van der Waals surface area (Å²) < 4.78 is 1.21. The van der Waals surface area contributed by atoms with E-state index in [0.29, 0.717) is 5.56 Å². The molecule has 0 saturated heterocycles. The summed E-state index contributed by atoms with van der Waals surface area (Å²) in [6, 6.07) is 2.01. The van der Waals surface area contributed by atoms with Crippen LogP contribution in [0.1, 0.15) is 40.6 Å². The summed E-state index contributed by atoms with van der Waals surface area (Å²) in [4.78, 5) is 29.1. The van der Waals surface area contributed by atoms with Crippen LogP contribution in [0.15, 0.2) is 15.7 Å². The van der Waals surface area contributed by atoms with E-state index in [1.807, 2.05) is 33.8 Å². The van der Waals surface area contributed by atoms with Gasteiger partial charge in [-0.3, -0.25) is 14.3 Å². The molecule has 0 aliphatic rings. The van der Waals surface area contributed by atoms with Crippen LogP contribution in [-0.4, -0.2) is 9.55 Å². The number of aryl methyl sites for hydroxylation is 2. The maximum Gasteiger partial charge on any atom is 0.329 e. The summed E-state index contributed by atoms with van der Waals surface area (Å²) in [6.45, 7) is 8.08. The Morgan fingerprint density at radius 1 is 1.35 bits per heavy atom. The fourth-order valence-electron chi connectivity index (χ4n) is 2.09. The lowest BCUT2D eigenvalue weighted by atomic mass is 10.1. The van der Waals surface area contributed by atoms with Gasteiger partial charge in [-0.15, -0.1) is 11.3 Å². The molecule has 1 N–H and O–H groups in total. The van der Waals surface area contributed by atoms with Gasteiger partial charge in [0.25, 0.3) is 5.56 Å². The molecular formula is C14H17ClN2O2S. The molecule has 108 valence electrons. The van der Waals surface area contributed by atoms with Gasteiger partial charge in [-0.2, -0.15) is 0 Å². The van der Waals surface area contributed by atoms with Crippen molar-refractivity contribution in [1.82, 2.24) is 9.55 Å². The molecule has 0 aromatic carbocycles. The zero-order valence-electron chi connectivity index (χ0n) is 11.9.